The second kappa shape index (κ2) is 7.88. The van der Waals surface area contributed by atoms with Gasteiger partial charge in [-0.3, -0.25) is 4.79 Å². The molecule has 1 heterocycles. The number of rotatable bonds is 5. The van der Waals surface area contributed by atoms with Crippen molar-refractivity contribution in [2.24, 2.45) is 0 Å². The van der Waals surface area contributed by atoms with Gasteiger partial charge in [-0.2, -0.15) is 5.26 Å². The Morgan fingerprint density at radius 3 is 2.70 bits per heavy atom. The van der Waals surface area contributed by atoms with Gasteiger partial charge in [-0.1, -0.05) is 36.0 Å². The van der Waals surface area contributed by atoms with E-state index in [-0.39, 0.29) is 22.5 Å². The number of nitrogen functional groups attached to an aromatic ring is 1. The average Bonchev–Trinajstić information content (AvgIpc) is 3.03. The normalized spacial score (nSPS) is 11.6. The fraction of sp³-hybridized carbons (Fsp3) is 0.111. The maximum atomic E-state index is 13.9. The highest BCUT2D eigenvalue weighted by Crippen LogP contribution is 2.27. The molecule has 0 saturated carbocycles. The Kier molecular flexibility index (Phi) is 5.38. The number of carbonyl (C=O) groups is 1. The van der Waals surface area contributed by atoms with Crippen molar-refractivity contribution in [3.8, 4) is 17.5 Å². The zero-order chi connectivity index (χ0) is 19.4. The summed E-state index contributed by atoms with van der Waals surface area (Å²) in [6.45, 7) is 1.67. The third-order valence-corrected chi connectivity index (χ3v) is 4.79. The molecule has 3 N–H and O–H groups in total. The molecule has 0 aliphatic carbocycles. The molecule has 1 amide bonds. The summed E-state index contributed by atoms with van der Waals surface area (Å²) < 4.78 is 15.1. The van der Waals surface area contributed by atoms with Crippen molar-refractivity contribution >= 4 is 23.4 Å². The third kappa shape index (κ3) is 3.91. The maximum absolute atomic E-state index is 13.9. The fourth-order valence-electron chi connectivity index (χ4n) is 2.32. The van der Waals surface area contributed by atoms with Crippen molar-refractivity contribution in [3.63, 3.8) is 0 Å². The molecule has 7 nitrogen and oxygen atoms in total. The zero-order valence-electron chi connectivity index (χ0n) is 14.3. The summed E-state index contributed by atoms with van der Waals surface area (Å²) in [6.07, 6.45) is 0. The molecule has 0 aliphatic heterocycles. The van der Waals surface area contributed by atoms with Crippen LogP contribution in [0.15, 0.2) is 53.7 Å². The summed E-state index contributed by atoms with van der Waals surface area (Å²) >= 11 is 1.08. The second-order valence-electron chi connectivity index (χ2n) is 5.56. The van der Waals surface area contributed by atoms with Crippen LogP contribution in [0.3, 0.4) is 0 Å². The predicted molar refractivity (Wildman–Crippen MR) is 101 cm³/mol. The van der Waals surface area contributed by atoms with E-state index < -0.39 is 11.1 Å². The van der Waals surface area contributed by atoms with Gasteiger partial charge in [-0.05, 0) is 31.2 Å². The quantitative estimate of drug-likeness (QED) is 0.519. The van der Waals surface area contributed by atoms with Crippen molar-refractivity contribution < 1.29 is 9.18 Å². The van der Waals surface area contributed by atoms with Gasteiger partial charge in [0.15, 0.2) is 5.82 Å². The Hall–Kier alpha value is -3.38. The number of thioether (sulfide) groups is 1. The van der Waals surface area contributed by atoms with Gasteiger partial charge in [0.2, 0.25) is 11.1 Å². The van der Waals surface area contributed by atoms with Crippen LogP contribution < -0.4 is 11.2 Å². The van der Waals surface area contributed by atoms with Crippen molar-refractivity contribution in [3.05, 3.63) is 59.9 Å². The van der Waals surface area contributed by atoms with E-state index in [1.807, 2.05) is 6.07 Å². The Bertz CT molecular complexity index is 1030. The van der Waals surface area contributed by atoms with Crippen LogP contribution in [0.25, 0.3) is 11.4 Å². The Morgan fingerprint density at radius 1 is 1.26 bits per heavy atom. The number of nitriles is 1. The highest BCUT2D eigenvalue weighted by atomic mass is 32.2. The first-order valence-corrected chi connectivity index (χ1v) is 8.81. The van der Waals surface area contributed by atoms with Crippen LogP contribution in [-0.4, -0.2) is 26.0 Å². The van der Waals surface area contributed by atoms with Crippen LogP contribution in [0.5, 0.6) is 0 Å². The first-order chi connectivity index (χ1) is 13.0. The first-order valence-electron chi connectivity index (χ1n) is 7.93. The molecule has 3 aromatic rings. The number of aromatic nitrogens is 3. The van der Waals surface area contributed by atoms with Crippen LogP contribution >= 0.6 is 11.8 Å². The van der Waals surface area contributed by atoms with Gasteiger partial charge >= 0.3 is 0 Å². The molecule has 3 rings (SSSR count). The number of carbonyl (C=O) groups excluding carboxylic acids is 1. The van der Waals surface area contributed by atoms with Gasteiger partial charge in [0, 0.05) is 0 Å². The highest BCUT2D eigenvalue weighted by Gasteiger charge is 2.21. The number of benzene rings is 2. The smallest absolute Gasteiger partial charge is 0.237 e. The Balaban J connectivity index is 1.75. The molecule has 1 aromatic heterocycles. The number of halogens is 1. The number of amides is 1. The monoisotopic (exact) mass is 382 g/mol. The van der Waals surface area contributed by atoms with E-state index in [1.165, 1.54) is 6.07 Å². The number of hydrogen-bond acceptors (Lipinski definition) is 6. The molecular formula is C18H15FN6OS. The molecule has 2 aromatic carbocycles. The molecule has 27 heavy (non-hydrogen) atoms. The standard InChI is InChI=1S/C18H15FN6OS/c1-11(17(26)22-15-9-5-2-6-12(15)10-20)27-18-24-23-16(25(18)21)13-7-3-4-8-14(13)19/h2-9,11H,21H2,1H3,(H,22,26). The van der Waals surface area contributed by atoms with Crippen molar-refractivity contribution in [1.82, 2.24) is 14.9 Å². The van der Waals surface area contributed by atoms with E-state index >= 15 is 0 Å². The maximum Gasteiger partial charge on any atom is 0.237 e. The van der Waals surface area contributed by atoms with Crippen LogP contribution in [0.1, 0.15) is 12.5 Å². The molecule has 9 heteroatoms. The predicted octanol–water partition coefficient (Wildman–Crippen LogP) is 2.79. The van der Waals surface area contributed by atoms with E-state index in [2.05, 4.69) is 15.5 Å². The molecule has 0 spiro atoms. The van der Waals surface area contributed by atoms with Crippen LogP contribution in [0.4, 0.5) is 10.1 Å². The molecule has 136 valence electrons. The second-order valence-corrected chi connectivity index (χ2v) is 6.87. The zero-order valence-corrected chi connectivity index (χ0v) is 15.1. The van der Waals surface area contributed by atoms with E-state index in [1.54, 1.807) is 49.4 Å². The molecule has 0 fully saturated rings. The SMILES string of the molecule is CC(Sc1nnc(-c2ccccc2F)n1N)C(=O)Nc1ccccc1C#N. The number of nitrogens with two attached hydrogens (primary N) is 1. The van der Waals surface area contributed by atoms with Gasteiger partial charge < -0.3 is 11.2 Å². The summed E-state index contributed by atoms with van der Waals surface area (Å²) in [4.78, 5) is 12.4. The van der Waals surface area contributed by atoms with Crippen molar-refractivity contribution in [2.75, 3.05) is 11.2 Å². The summed E-state index contributed by atoms with van der Waals surface area (Å²) in [5.74, 6) is 5.36. The highest BCUT2D eigenvalue weighted by molar-refractivity contribution is 8.00. The molecule has 0 bridgehead atoms. The third-order valence-electron chi connectivity index (χ3n) is 3.74. The minimum Gasteiger partial charge on any atom is -0.335 e. The van der Waals surface area contributed by atoms with Crippen LogP contribution in [0.2, 0.25) is 0 Å². The molecule has 1 unspecified atom stereocenters. The van der Waals surface area contributed by atoms with Crippen LogP contribution in [0, 0.1) is 17.1 Å². The summed E-state index contributed by atoms with van der Waals surface area (Å²) in [7, 11) is 0. The molecule has 0 radical (unpaired) electrons. The topological polar surface area (TPSA) is 110 Å². The molecule has 0 aliphatic rings. The van der Waals surface area contributed by atoms with Crippen molar-refractivity contribution in [2.45, 2.75) is 17.3 Å². The van der Waals surface area contributed by atoms with Gasteiger partial charge in [-0.25, -0.2) is 9.07 Å². The molecular weight excluding hydrogens is 367 g/mol. The minimum absolute atomic E-state index is 0.165. The van der Waals surface area contributed by atoms with Crippen molar-refractivity contribution in [1.29, 1.82) is 5.26 Å². The Labute approximate surface area is 159 Å². The lowest BCUT2D eigenvalue weighted by atomic mass is 10.2. The average molecular weight is 382 g/mol. The van der Waals surface area contributed by atoms with E-state index in [9.17, 15) is 9.18 Å². The molecule has 1 atom stereocenters. The van der Waals surface area contributed by atoms with Crippen LogP contribution in [-0.2, 0) is 4.79 Å². The fourth-order valence-corrected chi connectivity index (χ4v) is 3.09. The van der Waals surface area contributed by atoms with E-state index in [0.29, 0.717) is 11.3 Å². The number of nitrogens with zero attached hydrogens (tertiary/aromatic N) is 4. The number of hydrogen-bond donors (Lipinski definition) is 2. The lowest BCUT2D eigenvalue weighted by molar-refractivity contribution is -0.115. The van der Waals surface area contributed by atoms with E-state index in [0.717, 1.165) is 16.4 Å². The summed E-state index contributed by atoms with van der Waals surface area (Å²) in [5.41, 5.74) is 1.02. The largest absolute Gasteiger partial charge is 0.335 e. The lowest BCUT2D eigenvalue weighted by Gasteiger charge is -2.12. The number of anilines is 1. The number of para-hydroxylation sites is 1. The number of nitrogens with one attached hydrogen (secondary N) is 1. The lowest BCUT2D eigenvalue weighted by Crippen LogP contribution is -2.24. The minimum atomic E-state index is -0.572. The molecule has 0 saturated heterocycles. The summed E-state index contributed by atoms with van der Waals surface area (Å²) in [6, 6.07) is 14.8. The van der Waals surface area contributed by atoms with Gasteiger partial charge in [0.05, 0.1) is 22.1 Å². The van der Waals surface area contributed by atoms with Gasteiger partial charge in [0.25, 0.3) is 0 Å². The van der Waals surface area contributed by atoms with Gasteiger partial charge in [0.1, 0.15) is 11.9 Å². The first kappa shape index (κ1) is 18.4. The Morgan fingerprint density at radius 2 is 1.96 bits per heavy atom. The summed E-state index contributed by atoms with van der Waals surface area (Å²) in [5, 5.41) is 19.4. The van der Waals surface area contributed by atoms with Gasteiger partial charge in [-0.15, -0.1) is 10.2 Å². The van der Waals surface area contributed by atoms with E-state index in [4.69, 9.17) is 11.1 Å².